The summed E-state index contributed by atoms with van der Waals surface area (Å²) in [5.41, 5.74) is 2.52. The van der Waals surface area contributed by atoms with E-state index in [-0.39, 0.29) is 17.3 Å². The van der Waals surface area contributed by atoms with E-state index in [4.69, 9.17) is 0 Å². The van der Waals surface area contributed by atoms with Gasteiger partial charge in [0, 0.05) is 32.8 Å². The van der Waals surface area contributed by atoms with E-state index in [0.717, 1.165) is 21.3 Å². The van der Waals surface area contributed by atoms with Crippen molar-refractivity contribution in [1.82, 2.24) is 0 Å². The second-order valence-corrected chi connectivity index (χ2v) is 11.0. The molecule has 2 aliphatic heterocycles. The van der Waals surface area contributed by atoms with Crippen LogP contribution in [0.25, 0.3) is 6.08 Å². The topological polar surface area (TPSA) is 54.5 Å². The zero-order valence-corrected chi connectivity index (χ0v) is 21.8. The number of carbonyl (C=O) groups is 3. The molecule has 0 unspecified atom stereocenters. The Labute approximate surface area is 228 Å². The first-order chi connectivity index (χ1) is 18.5. The van der Waals surface area contributed by atoms with E-state index in [1.54, 1.807) is 36.4 Å². The van der Waals surface area contributed by atoms with Gasteiger partial charge in [-0.2, -0.15) is 0 Å². The van der Waals surface area contributed by atoms with Gasteiger partial charge in [-0.3, -0.25) is 14.4 Å². The zero-order chi connectivity index (χ0) is 26.0. The maximum atomic E-state index is 14.5. The third-order valence-electron chi connectivity index (χ3n) is 8.25. The van der Waals surface area contributed by atoms with Gasteiger partial charge in [-0.25, -0.2) is 0 Å². The van der Waals surface area contributed by atoms with Gasteiger partial charge in [0.2, 0.25) is 0 Å². The number of rotatable bonds is 3. The average molecular weight is 560 g/mol. The molecule has 5 heteroatoms. The summed E-state index contributed by atoms with van der Waals surface area (Å²) in [4.78, 5) is 45.6. The molecule has 0 saturated carbocycles. The molecular weight excluding hydrogens is 538 g/mol. The van der Waals surface area contributed by atoms with Crippen LogP contribution in [0.15, 0.2) is 114 Å². The molecular formula is C33H22BrNO3. The summed E-state index contributed by atoms with van der Waals surface area (Å²) >= 11 is 3.56. The van der Waals surface area contributed by atoms with Crippen LogP contribution in [0.2, 0.25) is 0 Å². The monoisotopic (exact) mass is 559 g/mol. The van der Waals surface area contributed by atoms with Gasteiger partial charge in [0.25, 0.3) is 0 Å². The minimum atomic E-state index is -1.47. The van der Waals surface area contributed by atoms with Gasteiger partial charge in [-0.1, -0.05) is 113 Å². The highest BCUT2D eigenvalue weighted by atomic mass is 79.9. The van der Waals surface area contributed by atoms with E-state index < -0.39 is 23.4 Å². The number of nitrogens with zero attached hydrogens (tertiary/aromatic N) is 1. The van der Waals surface area contributed by atoms with Crippen LogP contribution in [0.4, 0.5) is 5.69 Å². The first kappa shape index (κ1) is 23.1. The van der Waals surface area contributed by atoms with Gasteiger partial charge in [-0.05, 0) is 29.3 Å². The molecule has 0 aromatic heterocycles. The van der Waals surface area contributed by atoms with Crippen molar-refractivity contribution in [3.63, 3.8) is 0 Å². The molecule has 1 fully saturated rings. The molecule has 4 aromatic carbocycles. The summed E-state index contributed by atoms with van der Waals surface area (Å²) < 4.78 is 0.916. The lowest BCUT2D eigenvalue weighted by Crippen LogP contribution is -2.48. The number of anilines is 1. The van der Waals surface area contributed by atoms with E-state index in [1.165, 1.54) is 0 Å². The van der Waals surface area contributed by atoms with Crippen LogP contribution in [0.3, 0.4) is 0 Å². The van der Waals surface area contributed by atoms with Gasteiger partial charge in [0.1, 0.15) is 11.5 Å². The van der Waals surface area contributed by atoms with Gasteiger partial charge in [0.05, 0.1) is 6.04 Å². The van der Waals surface area contributed by atoms with Crippen molar-refractivity contribution in [3.05, 3.63) is 141 Å². The summed E-state index contributed by atoms with van der Waals surface area (Å²) in [6.07, 6.45) is 3.93. The number of hydrogen-bond acceptors (Lipinski definition) is 4. The van der Waals surface area contributed by atoms with E-state index in [1.807, 2.05) is 83.8 Å². The first-order valence-electron chi connectivity index (χ1n) is 12.6. The maximum absolute atomic E-state index is 14.5. The molecule has 38 heavy (non-hydrogen) atoms. The van der Waals surface area contributed by atoms with Crippen LogP contribution in [-0.2, 0) is 0 Å². The fourth-order valence-electron chi connectivity index (χ4n) is 6.75. The number of Topliss-reactive ketones (excluding diaryl/α,β-unsaturated/α-hetero) is 3. The maximum Gasteiger partial charge on any atom is 0.185 e. The predicted molar refractivity (Wildman–Crippen MR) is 151 cm³/mol. The SMILES string of the molecule is O=C(c1ccccc1)[C@H]1[C@H](c2ccccc2)C2(C(=O)c3ccccc3C2=O)[C@H]2C=Cc3cc(Br)ccc3N12. The van der Waals surface area contributed by atoms with Crippen molar-refractivity contribution >= 4 is 45.0 Å². The molecule has 0 amide bonds. The van der Waals surface area contributed by atoms with Gasteiger partial charge in [-0.15, -0.1) is 0 Å². The summed E-state index contributed by atoms with van der Waals surface area (Å²) in [6.45, 7) is 0. The summed E-state index contributed by atoms with van der Waals surface area (Å²) in [6, 6.07) is 30.4. The molecule has 4 nitrogen and oxygen atoms in total. The van der Waals surface area contributed by atoms with Gasteiger partial charge < -0.3 is 4.90 Å². The lowest BCUT2D eigenvalue weighted by atomic mass is 9.64. The Kier molecular flexibility index (Phi) is 5.14. The van der Waals surface area contributed by atoms with Crippen molar-refractivity contribution in [1.29, 1.82) is 0 Å². The molecule has 1 aliphatic carbocycles. The molecule has 3 atom stereocenters. The number of halogens is 1. The van der Waals surface area contributed by atoms with Crippen LogP contribution >= 0.6 is 15.9 Å². The zero-order valence-electron chi connectivity index (χ0n) is 20.3. The average Bonchev–Trinajstić information content (AvgIpc) is 3.39. The smallest absolute Gasteiger partial charge is 0.185 e. The Hall–Kier alpha value is -4.09. The molecule has 1 spiro atoms. The summed E-state index contributed by atoms with van der Waals surface area (Å²) in [5.74, 6) is -1.22. The summed E-state index contributed by atoms with van der Waals surface area (Å²) in [5, 5.41) is 0. The highest BCUT2D eigenvalue weighted by Gasteiger charge is 2.71. The fourth-order valence-corrected chi connectivity index (χ4v) is 7.13. The van der Waals surface area contributed by atoms with Crippen LogP contribution in [-0.4, -0.2) is 29.4 Å². The third kappa shape index (κ3) is 2.99. The van der Waals surface area contributed by atoms with E-state index in [9.17, 15) is 14.4 Å². The Morgan fingerprint density at radius 1 is 0.763 bits per heavy atom. The van der Waals surface area contributed by atoms with E-state index in [0.29, 0.717) is 16.7 Å². The molecule has 0 radical (unpaired) electrons. The van der Waals surface area contributed by atoms with E-state index >= 15 is 0 Å². The first-order valence-corrected chi connectivity index (χ1v) is 13.4. The molecule has 2 heterocycles. The van der Waals surface area contributed by atoms with Crippen LogP contribution < -0.4 is 4.90 Å². The summed E-state index contributed by atoms with van der Waals surface area (Å²) in [7, 11) is 0. The number of carbonyl (C=O) groups excluding carboxylic acids is 3. The molecule has 7 rings (SSSR count). The van der Waals surface area contributed by atoms with Crippen LogP contribution in [0, 0.1) is 5.41 Å². The van der Waals surface area contributed by atoms with Gasteiger partial charge >= 0.3 is 0 Å². The molecule has 1 saturated heterocycles. The van der Waals surface area contributed by atoms with Crippen molar-refractivity contribution in [3.8, 4) is 0 Å². The molecule has 184 valence electrons. The van der Waals surface area contributed by atoms with Crippen molar-refractivity contribution < 1.29 is 14.4 Å². The quantitative estimate of drug-likeness (QED) is 0.205. The predicted octanol–water partition coefficient (Wildman–Crippen LogP) is 6.77. The van der Waals surface area contributed by atoms with Gasteiger partial charge in [0.15, 0.2) is 17.3 Å². The fraction of sp³-hybridized carbons (Fsp3) is 0.121. The normalized spacial score (nSPS) is 22.3. The lowest BCUT2D eigenvalue weighted by molar-refractivity contribution is 0.0666. The Morgan fingerprint density at radius 3 is 2.03 bits per heavy atom. The highest BCUT2D eigenvalue weighted by molar-refractivity contribution is 9.10. The minimum absolute atomic E-state index is 0.109. The molecule has 0 bridgehead atoms. The Morgan fingerprint density at radius 2 is 1.37 bits per heavy atom. The van der Waals surface area contributed by atoms with E-state index in [2.05, 4.69) is 15.9 Å². The van der Waals surface area contributed by atoms with Crippen LogP contribution in [0.5, 0.6) is 0 Å². The standard InChI is InChI=1S/C33H22BrNO3/c34-23-16-17-26-22(19-23)15-18-27-33(31(37)24-13-7-8-14-25(24)32(33)38)28(20-9-3-1-4-10-20)29(35(26)27)30(36)21-11-5-2-6-12-21/h1-19,27-29H/t27-,28+,29-/m1/s1. The number of benzene rings is 4. The molecule has 0 N–H and O–H groups in total. The largest absolute Gasteiger partial charge is 0.352 e. The van der Waals surface area contributed by atoms with Crippen molar-refractivity contribution in [2.75, 3.05) is 4.90 Å². The Bertz CT molecular complexity index is 1630. The Balaban J connectivity index is 1.55. The van der Waals surface area contributed by atoms with Crippen molar-refractivity contribution in [2.45, 2.75) is 18.0 Å². The molecule has 3 aliphatic rings. The lowest BCUT2D eigenvalue weighted by Gasteiger charge is -2.37. The number of fused-ring (bicyclic) bond motifs is 5. The second kappa shape index (κ2) is 8.47. The number of hydrogen-bond donors (Lipinski definition) is 0. The third-order valence-corrected chi connectivity index (χ3v) is 8.74. The van der Waals surface area contributed by atoms with Crippen molar-refractivity contribution in [2.24, 2.45) is 5.41 Å². The molecule has 4 aromatic rings. The highest BCUT2D eigenvalue weighted by Crippen LogP contribution is 2.61. The second-order valence-electron chi connectivity index (χ2n) is 10.1. The minimum Gasteiger partial charge on any atom is -0.352 e. The number of ketones is 3. The van der Waals surface area contributed by atoms with Crippen LogP contribution in [0.1, 0.15) is 48.1 Å².